The Labute approximate surface area is 163 Å². The number of carbonyl (C=O) groups excluding carboxylic acids is 1. The highest BCUT2D eigenvalue weighted by Crippen LogP contribution is 2.47. The first-order valence-electron chi connectivity index (χ1n) is 9.97. The molecule has 6 nitrogen and oxygen atoms in total. The first-order chi connectivity index (χ1) is 13.1. The Morgan fingerprint density at radius 2 is 2.11 bits per heavy atom. The van der Waals surface area contributed by atoms with E-state index in [0.717, 1.165) is 47.4 Å². The molecule has 27 heavy (non-hydrogen) atoms. The van der Waals surface area contributed by atoms with Gasteiger partial charge >= 0.3 is 0 Å². The minimum absolute atomic E-state index is 0.0976. The molecule has 2 aromatic rings. The summed E-state index contributed by atoms with van der Waals surface area (Å²) in [5, 5.41) is 10.9. The van der Waals surface area contributed by atoms with E-state index in [0.29, 0.717) is 12.3 Å². The van der Waals surface area contributed by atoms with Gasteiger partial charge in [0.1, 0.15) is 23.4 Å². The molecule has 0 spiro atoms. The Bertz CT molecular complexity index is 829. The molecule has 146 valence electrons. The number of amides is 1. The Balaban J connectivity index is 1.60. The number of aliphatic hydroxyl groups excluding tert-OH is 1. The van der Waals surface area contributed by atoms with Crippen molar-refractivity contribution in [3.8, 4) is 5.88 Å². The van der Waals surface area contributed by atoms with Crippen LogP contribution in [0.4, 0.5) is 0 Å². The van der Waals surface area contributed by atoms with E-state index in [1.807, 2.05) is 0 Å². The van der Waals surface area contributed by atoms with Crippen molar-refractivity contribution < 1.29 is 14.6 Å². The van der Waals surface area contributed by atoms with Crippen molar-refractivity contribution in [1.82, 2.24) is 9.97 Å². The lowest BCUT2D eigenvalue weighted by Crippen LogP contribution is -2.29. The maximum Gasteiger partial charge on any atom is 0.246 e. The molecule has 2 aliphatic carbocycles. The van der Waals surface area contributed by atoms with Crippen LogP contribution in [0.25, 0.3) is 10.2 Å². The van der Waals surface area contributed by atoms with Crippen molar-refractivity contribution in [2.45, 2.75) is 76.4 Å². The van der Waals surface area contributed by atoms with E-state index in [4.69, 9.17) is 10.5 Å². The molecule has 1 amide bonds. The third kappa shape index (κ3) is 3.67. The van der Waals surface area contributed by atoms with Gasteiger partial charge in [0.2, 0.25) is 11.8 Å². The fourth-order valence-corrected chi connectivity index (χ4v) is 5.80. The predicted octanol–water partition coefficient (Wildman–Crippen LogP) is 3.31. The molecule has 0 bridgehead atoms. The van der Waals surface area contributed by atoms with Crippen molar-refractivity contribution in [3.63, 3.8) is 0 Å². The summed E-state index contributed by atoms with van der Waals surface area (Å²) in [7, 11) is 0. The van der Waals surface area contributed by atoms with E-state index in [1.165, 1.54) is 24.1 Å². The highest BCUT2D eigenvalue weighted by atomic mass is 32.1. The van der Waals surface area contributed by atoms with Gasteiger partial charge in [-0.25, -0.2) is 9.97 Å². The van der Waals surface area contributed by atoms with E-state index in [1.54, 1.807) is 17.7 Å². The third-order valence-corrected chi connectivity index (χ3v) is 7.35. The van der Waals surface area contributed by atoms with Gasteiger partial charge in [-0.2, -0.15) is 0 Å². The van der Waals surface area contributed by atoms with Crippen molar-refractivity contribution in [1.29, 1.82) is 0 Å². The normalized spacial score (nSPS) is 26.1. The quantitative estimate of drug-likeness (QED) is 0.790. The van der Waals surface area contributed by atoms with Gasteiger partial charge in [-0.05, 0) is 62.3 Å². The number of nitrogens with zero attached hydrogens (tertiary/aromatic N) is 2. The van der Waals surface area contributed by atoms with Crippen molar-refractivity contribution >= 4 is 27.5 Å². The summed E-state index contributed by atoms with van der Waals surface area (Å²) in [5.41, 5.74) is 6.42. The van der Waals surface area contributed by atoms with Gasteiger partial charge in [0.05, 0.1) is 5.39 Å². The van der Waals surface area contributed by atoms with Crippen molar-refractivity contribution in [3.05, 3.63) is 16.8 Å². The number of carbonyl (C=O) groups is 1. The first-order valence-corrected chi connectivity index (χ1v) is 10.8. The van der Waals surface area contributed by atoms with Gasteiger partial charge < -0.3 is 15.6 Å². The molecule has 1 fully saturated rings. The SMILES string of the molecule is CCC1CCC(Oc2ncnc3sc4c(c23)[C@@H](C[C@@H](O)C(N)=O)CC4)CC1. The van der Waals surface area contributed by atoms with Crippen molar-refractivity contribution in [2.75, 3.05) is 0 Å². The zero-order valence-corrected chi connectivity index (χ0v) is 16.5. The van der Waals surface area contributed by atoms with Gasteiger partial charge in [0.25, 0.3) is 0 Å². The number of aryl methyl sites for hydroxylation is 1. The number of hydrogen-bond donors (Lipinski definition) is 2. The lowest BCUT2D eigenvalue weighted by molar-refractivity contribution is -0.126. The van der Waals surface area contributed by atoms with Crippen LogP contribution < -0.4 is 10.5 Å². The van der Waals surface area contributed by atoms with Crippen LogP contribution in [0, 0.1) is 5.92 Å². The van der Waals surface area contributed by atoms with E-state index >= 15 is 0 Å². The number of aliphatic hydroxyl groups is 1. The zero-order valence-electron chi connectivity index (χ0n) is 15.7. The molecule has 3 N–H and O–H groups in total. The molecule has 2 aromatic heterocycles. The number of fused-ring (bicyclic) bond motifs is 3. The standard InChI is InChI=1S/C20H27N3O3S/c1-2-11-3-6-13(7-4-11)26-19-17-16-12(9-14(24)18(21)25)5-8-15(16)27-20(17)23-10-22-19/h10-14,24H,2-9H2,1H3,(H2,21,25)/t11?,12-,13?,14-/m1/s1. The molecule has 0 aliphatic heterocycles. The van der Waals surface area contributed by atoms with Crippen LogP contribution in [-0.4, -0.2) is 33.2 Å². The molecule has 4 rings (SSSR count). The van der Waals surface area contributed by atoms with Crippen LogP contribution in [0.2, 0.25) is 0 Å². The van der Waals surface area contributed by atoms with Gasteiger partial charge in [0, 0.05) is 4.88 Å². The highest BCUT2D eigenvalue weighted by Gasteiger charge is 2.33. The summed E-state index contributed by atoms with van der Waals surface area (Å²) in [4.78, 5) is 22.4. The molecule has 2 heterocycles. The lowest BCUT2D eigenvalue weighted by atomic mass is 9.86. The number of thiophene rings is 1. The summed E-state index contributed by atoms with van der Waals surface area (Å²) in [5.74, 6) is 0.919. The van der Waals surface area contributed by atoms with Gasteiger partial charge in [0.15, 0.2) is 0 Å². The number of hydrogen-bond acceptors (Lipinski definition) is 6. The van der Waals surface area contributed by atoms with Crippen molar-refractivity contribution in [2.24, 2.45) is 11.7 Å². The fourth-order valence-electron chi connectivity index (χ4n) is 4.57. The maximum atomic E-state index is 11.3. The van der Waals surface area contributed by atoms with Crippen LogP contribution >= 0.6 is 11.3 Å². The summed E-state index contributed by atoms with van der Waals surface area (Å²) < 4.78 is 6.35. The van der Waals surface area contributed by atoms with Crippen LogP contribution in [0.3, 0.4) is 0 Å². The Kier molecular flexibility index (Phi) is 5.32. The molecule has 2 aliphatic rings. The van der Waals surface area contributed by atoms with Gasteiger partial charge in [-0.15, -0.1) is 11.3 Å². The minimum Gasteiger partial charge on any atom is -0.474 e. The number of nitrogens with two attached hydrogens (primary N) is 1. The lowest BCUT2D eigenvalue weighted by Gasteiger charge is -2.28. The second kappa shape index (κ2) is 7.72. The highest BCUT2D eigenvalue weighted by molar-refractivity contribution is 7.19. The average molecular weight is 390 g/mol. The first kappa shape index (κ1) is 18.6. The molecule has 2 atom stereocenters. The van der Waals surface area contributed by atoms with Crippen LogP contribution in [0.1, 0.15) is 68.2 Å². The fraction of sp³-hybridized carbons (Fsp3) is 0.650. The van der Waals surface area contributed by atoms with Gasteiger partial charge in [-0.1, -0.05) is 13.3 Å². The summed E-state index contributed by atoms with van der Waals surface area (Å²) in [6, 6.07) is 0. The molecule has 0 radical (unpaired) electrons. The smallest absolute Gasteiger partial charge is 0.246 e. The molecule has 1 saturated carbocycles. The third-order valence-electron chi connectivity index (χ3n) is 6.18. The summed E-state index contributed by atoms with van der Waals surface area (Å²) in [6.45, 7) is 2.26. The topological polar surface area (TPSA) is 98.3 Å². The second-order valence-corrected chi connectivity index (χ2v) is 8.94. The number of primary amides is 1. The summed E-state index contributed by atoms with van der Waals surface area (Å²) in [6.07, 6.45) is 8.68. The molecular weight excluding hydrogens is 362 g/mol. The number of aromatic nitrogens is 2. The average Bonchev–Trinajstić information content (AvgIpc) is 3.22. The zero-order chi connectivity index (χ0) is 19.0. The minimum atomic E-state index is -1.12. The number of rotatable bonds is 6. The van der Waals surface area contributed by atoms with E-state index < -0.39 is 12.0 Å². The van der Waals surface area contributed by atoms with E-state index in [9.17, 15) is 9.90 Å². The molecule has 0 aromatic carbocycles. The Hall–Kier alpha value is -1.73. The summed E-state index contributed by atoms with van der Waals surface area (Å²) >= 11 is 1.68. The Morgan fingerprint density at radius 3 is 2.81 bits per heavy atom. The molecule has 0 saturated heterocycles. The maximum absolute atomic E-state index is 11.3. The van der Waals surface area contributed by atoms with E-state index in [-0.39, 0.29) is 12.0 Å². The Morgan fingerprint density at radius 1 is 1.33 bits per heavy atom. The van der Waals surface area contributed by atoms with Crippen LogP contribution in [0.5, 0.6) is 5.88 Å². The predicted molar refractivity (Wildman–Crippen MR) is 105 cm³/mol. The number of ether oxygens (including phenoxy) is 1. The molecule has 7 heteroatoms. The second-order valence-electron chi connectivity index (χ2n) is 7.86. The van der Waals surface area contributed by atoms with Gasteiger partial charge in [-0.3, -0.25) is 4.79 Å². The molecule has 0 unspecified atom stereocenters. The van der Waals surface area contributed by atoms with Crippen LogP contribution in [0.15, 0.2) is 6.33 Å². The van der Waals surface area contributed by atoms with Crippen LogP contribution in [-0.2, 0) is 11.2 Å². The molecular formula is C20H27N3O3S. The van der Waals surface area contributed by atoms with E-state index in [2.05, 4.69) is 16.9 Å². The monoisotopic (exact) mass is 389 g/mol. The largest absolute Gasteiger partial charge is 0.474 e.